The van der Waals surface area contributed by atoms with Gasteiger partial charge in [-0.1, -0.05) is 97.1 Å². The number of benzene rings is 5. The van der Waals surface area contributed by atoms with Crippen LogP contribution in [0.3, 0.4) is 0 Å². The van der Waals surface area contributed by atoms with Gasteiger partial charge in [0.05, 0.1) is 0 Å². The number of amides is 2. The molecule has 0 unspecified atom stereocenters. The van der Waals surface area contributed by atoms with Gasteiger partial charge >= 0.3 is 0 Å². The quantitative estimate of drug-likeness (QED) is 0.240. The van der Waals surface area contributed by atoms with Crippen LogP contribution < -0.4 is 10.6 Å². The van der Waals surface area contributed by atoms with Crippen LogP contribution in [0.25, 0.3) is 27.6 Å². The van der Waals surface area contributed by atoms with Gasteiger partial charge in [0.1, 0.15) is 5.70 Å². The van der Waals surface area contributed by atoms with E-state index in [0.717, 1.165) is 32.7 Å². The van der Waals surface area contributed by atoms with Crippen LogP contribution in [0.5, 0.6) is 0 Å². The minimum absolute atomic E-state index is 0.191. The third-order valence-corrected chi connectivity index (χ3v) is 5.93. The van der Waals surface area contributed by atoms with Gasteiger partial charge in [-0.2, -0.15) is 0 Å². The highest BCUT2D eigenvalue weighted by molar-refractivity contribution is 6.11. The van der Waals surface area contributed by atoms with Gasteiger partial charge < -0.3 is 10.6 Å². The summed E-state index contributed by atoms with van der Waals surface area (Å²) in [6, 6.07) is 36.8. The Hall–Kier alpha value is -4.70. The minimum Gasteiger partial charge on any atom is -0.347 e. The van der Waals surface area contributed by atoms with Gasteiger partial charge in [0.15, 0.2) is 0 Å². The molecule has 0 aliphatic carbocycles. The Kier molecular flexibility index (Phi) is 6.35. The first kappa shape index (κ1) is 22.1. The van der Waals surface area contributed by atoms with E-state index in [9.17, 15) is 9.59 Å². The number of fused-ring (bicyclic) bond motifs is 2. The molecule has 5 aromatic rings. The van der Waals surface area contributed by atoms with Crippen LogP contribution >= 0.6 is 0 Å². The molecule has 0 aliphatic heterocycles. The average Bonchev–Trinajstić information content (AvgIpc) is 2.92. The third kappa shape index (κ3) is 4.97. The average molecular weight is 457 g/mol. The maximum absolute atomic E-state index is 13.4. The summed E-state index contributed by atoms with van der Waals surface area (Å²) in [4.78, 5) is 26.4. The van der Waals surface area contributed by atoms with Crippen molar-refractivity contribution in [3.05, 3.63) is 138 Å². The Balaban J connectivity index is 1.59. The van der Waals surface area contributed by atoms with Crippen molar-refractivity contribution in [1.82, 2.24) is 10.6 Å². The van der Waals surface area contributed by atoms with E-state index >= 15 is 0 Å². The molecule has 0 fully saturated rings. The molecule has 5 rings (SSSR count). The second-order valence-electron chi connectivity index (χ2n) is 8.28. The molecule has 5 aromatic carbocycles. The largest absolute Gasteiger partial charge is 0.347 e. The smallest absolute Gasteiger partial charge is 0.268 e. The second kappa shape index (κ2) is 10.1. The maximum atomic E-state index is 13.4. The number of hydrogen-bond acceptors (Lipinski definition) is 2. The SMILES string of the molecule is O=C(NCc1ccccc1)/C(=C\c1c2ccccc2cc2ccccc12)NC(=O)c1ccccc1. The molecular weight excluding hydrogens is 432 g/mol. The lowest BCUT2D eigenvalue weighted by Gasteiger charge is -2.14. The van der Waals surface area contributed by atoms with Crippen molar-refractivity contribution in [3.63, 3.8) is 0 Å². The third-order valence-electron chi connectivity index (χ3n) is 5.93. The molecule has 0 atom stereocenters. The molecule has 0 radical (unpaired) electrons. The Bertz CT molecular complexity index is 1490. The van der Waals surface area contributed by atoms with Crippen molar-refractivity contribution in [2.45, 2.75) is 6.54 Å². The Morgan fingerprint density at radius 1 is 0.657 bits per heavy atom. The number of rotatable bonds is 6. The van der Waals surface area contributed by atoms with Gasteiger partial charge in [-0.3, -0.25) is 9.59 Å². The van der Waals surface area contributed by atoms with E-state index in [1.807, 2.05) is 72.8 Å². The van der Waals surface area contributed by atoms with Crippen molar-refractivity contribution < 1.29 is 9.59 Å². The lowest BCUT2D eigenvalue weighted by atomic mass is 9.96. The standard InChI is InChI=1S/C31H24N2O2/c34-30(23-13-5-2-6-14-23)33-29(31(35)32-21-22-11-3-1-4-12-22)20-28-26-17-9-7-15-24(26)19-25-16-8-10-18-27(25)28/h1-20H,21H2,(H,32,35)(H,33,34)/b29-20+. The lowest BCUT2D eigenvalue weighted by Crippen LogP contribution is -2.34. The molecule has 0 heterocycles. The van der Waals surface area contributed by atoms with Crippen molar-refractivity contribution in [3.8, 4) is 0 Å². The van der Waals surface area contributed by atoms with E-state index in [1.165, 1.54) is 0 Å². The number of hydrogen-bond donors (Lipinski definition) is 2. The molecule has 0 saturated carbocycles. The topological polar surface area (TPSA) is 58.2 Å². The summed E-state index contributed by atoms with van der Waals surface area (Å²) in [7, 11) is 0. The molecule has 0 spiro atoms. The van der Waals surface area contributed by atoms with E-state index in [1.54, 1.807) is 30.3 Å². The Morgan fingerprint density at radius 3 is 1.83 bits per heavy atom. The summed E-state index contributed by atoms with van der Waals surface area (Å²) in [5.41, 5.74) is 2.54. The molecule has 4 nitrogen and oxygen atoms in total. The van der Waals surface area contributed by atoms with Gasteiger partial charge in [0.25, 0.3) is 11.8 Å². The molecule has 170 valence electrons. The zero-order chi connectivity index (χ0) is 24.0. The molecule has 0 aromatic heterocycles. The molecule has 2 amide bonds. The van der Waals surface area contributed by atoms with Gasteiger partial charge in [-0.25, -0.2) is 0 Å². The number of nitrogens with one attached hydrogen (secondary N) is 2. The van der Waals surface area contributed by atoms with E-state index in [-0.39, 0.29) is 17.5 Å². The van der Waals surface area contributed by atoms with E-state index in [4.69, 9.17) is 0 Å². The van der Waals surface area contributed by atoms with Crippen LogP contribution in [-0.4, -0.2) is 11.8 Å². The van der Waals surface area contributed by atoms with Crippen molar-refractivity contribution in [1.29, 1.82) is 0 Å². The highest BCUT2D eigenvalue weighted by Gasteiger charge is 2.16. The highest BCUT2D eigenvalue weighted by Crippen LogP contribution is 2.30. The van der Waals surface area contributed by atoms with Crippen molar-refractivity contribution >= 4 is 39.4 Å². The van der Waals surface area contributed by atoms with Crippen LogP contribution in [0.1, 0.15) is 21.5 Å². The van der Waals surface area contributed by atoms with Crippen LogP contribution in [0, 0.1) is 0 Å². The van der Waals surface area contributed by atoms with Gasteiger partial charge in [0, 0.05) is 12.1 Å². The summed E-state index contributed by atoms with van der Waals surface area (Å²) < 4.78 is 0. The van der Waals surface area contributed by atoms with Crippen LogP contribution in [0.4, 0.5) is 0 Å². The fourth-order valence-corrected chi connectivity index (χ4v) is 4.16. The predicted molar refractivity (Wildman–Crippen MR) is 142 cm³/mol. The number of carbonyl (C=O) groups excluding carboxylic acids is 2. The van der Waals surface area contributed by atoms with Crippen LogP contribution in [0.15, 0.2) is 121 Å². The molecule has 2 N–H and O–H groups in total. The summed E-state index contributed by atoms with van der Waals surface area (Å²) in [6.45, 7) is 0.356. The molecule has 0 bridgehead atoms. The number of carbonyl (C=O) groups is 2. The molecule has 0 saturated heterocycles. The van der Waals surface area contributed by atoms with Gasteiger partial charge in [0.2, 0.25) is 0 Å². The highest BCUT2D eigenvalue weighted by atomic mass is 16.2. The van der Waals surface area contributed by atoms with Crippen molar-refractivity contribution in [2.24, 2.45) is 0 Å². The monoisotopic (exact) mass is 456 g/mol. The zero-order valence-corrected chi connectivity index (χ0v) is 19.1. The predicted octanol–water partition coefficient (Wildman–Crippen LogP) is 6.08. The van der Waals surface area contributed by atoms with E-state index in [2.05, 4.69) is 28.8 Å². The molecule has 4 heteroatoms. The van der Waals surface area contributed by atoms with Gasteiger partial charge in [-0.05, 0) is 56.9 Å². The molecular formula is C31H24N2O2. The summed E-state index contributed by atoms with van der Waals surface area (Å²) >= 11 is 0. The lowest BCUT2D eigenvalue weighted by molar-refractivity contribution is -0.117. The second-order valence-corrected chi connectivity index (χ2v) is 8.28. The first-order valence-corrected chi connectivity index (χ1v) is 11.5. The minimum atomic E-state index is -0.352. The van der Waals surface area contributed by atoms with Crippen LogP contribution in [0.2, 0.25) is 0 Å². The molecule has 35 heavy (non-hydrogen) atoms. The maximum Gasteiger partial charge on any atom is 0.268 e. The van der Waals surface area contributed by atoms with Crippen LogP contribution in [-0.2, 0) is 11.3 Å². The summed E-state index contributed by atoms with van der Waals surface area (Å²) in [5.74, 6) is -0.689. The van der Waals surface area contributed by atoms with E-state index in [0.29, 0.717) is 12.1 Å². The normalized spacial score (nSPS) is 11.4. The first-order chi connectivity index (χ1) is 17.2. The summed E-state index contributed by atoms with van der Waals surface area (Å²) in [6.07, 6.45) is 1.78. The van der Waals surface area contributed by atoms with Gasteiger partial charge in [-0.15, -0.1) is 0 Å². The van der Waals surface area contributed by atoms with Crippen molar-refractivity contribution in [2.75, 3.05) is 0 Å². The van der Waals surface area contributed by atoms with E-state index < -0.39 is 0 Å². The fourth-order valence-electron chi connectivity index (χ4n) is 4.16. The zero-order valence-electron chi connectivity index (χ0n) is 19.1. The molecule has 0 aliphatic rings. The Morgan fingerprint density at radius 2 is 1.20 bits per heavy atom. The summed E-state index contributed by atoms with van der Waals surface area (Å²) in [5, 5.41) is 9.95. The fraction of sp³-hybridized carbons (Fsp3) is 0.0323. The Labute approximate surface area is 203 Å². The first-order valence-electron chi connectivity index (χ1n) is 11.5.